The topological polar surface area (TPSA) is 72.6 Å². The highest BCUT2D eigenvalue weighted by Crippen LogP contribution is 2.28. The highest BCUT2D eigenvalue weighted by molar-refractivity contribution is 5.99. The van der Waals surface area contributed by atoms with Gasteiger partial charge in [0, 0.05) is 24.6 Å². The first-order chi connectivity index (χ1) is 12.4. The lowest BCUT2D eigenvalue weighted by atomic mass is 10.0. The van der Waals surface area contributed by atoms with Crippen molar-refractivity contribution in [2.75, 3.05) is 11.4 Å². The van der Waals surface area contributed by atoms with Gasteiger partial charge in [0.1, 0.15) is 12.4 Å². The number of nitrogens with zero attached hydrogens (tertiary/aromatic N) is 1. The number of benzene rings is 2. The van der Waals surface area contributed by atoms with Crippen molar-refractivity contribution < 1.29 is 23.1 Å². The Balaban J connectivity index is 1.61. The van der Waals surface area contributed by atoms with Crippen LogP contribution < -0.4 is 15.4 Å². The second kappa shape index (κ2) is 7.51. The molecule has 7 heteroatoms. The van der Waals surface area contributed by atoms with E-state index in [1.165, 1.54) is 6.07 Å². The molecule has 1 aliphatic rings. The summed E-state index contributed by atoms with van der Waals surface area (Å²) in [6, 6.07) is 10.5. The molecule has 136 valence electrons. The summed E-state index contributed by atoms with van der Waals surface area (Å²) in [5.74, 6) is -2.23. The van der Waals surface area contributed by atoms with Crippen LogP contribution in [0.15, 0.2) is 42.5 Å². The Labute approximate surface area is 149 Å². The highest BCUT2D eigenvalue weighted by Gasteiger charge is 2.33. The minimum Gasteiger partial charge on any atom is -0.489 e. The molecule has 2 aromatic carbocycles. The summed E-state index contributed by atoms with van der Waals surface area (Å²) >= 11 is 0. The number of rotatable bonds is 6. The molecule has 0 aromatic heterocycles. The van der Waals surface area contributed by atoms with Crippen LogP contribution in [0.5, 0.6) is 5.75 Å². The zero-order chi connectivity index (χ0) is 18.7. The standard InChI is InChI=1S/C19H18F2N2O3/c20-16-6-1-12(9-17(16)21)11-26-15-4-2-14(3-5-15)23-8-7-13(19(23)25)10-18(22)24/h1-6,9,13H,7-8,10-11H2,(H2,22,24). The van der Waals surface area contributed by atoms with Gasteiger partial charge in [0.25, 0.3) is 0 Å². The van der Waals surface area contributed by atoms with E-state index in [0.29, 0.717) is 30.0 Å². The number of halogens is 2. The van der Waals surface area contributed by atoms with E-state index in [-0.39, 0.29) is 24.9 Å². The number of hydrogen-bond acceptors (Lipinski definition) is 3. The summed E-state index contributed by atoms with van der Waals surface area (Å²) in [5.41, 5.74) is 6.39. The predicted molar refractivity (Wildman–Crippen MR) is 91.4 cm³/mol. The summed E-state index contributed by atoms with van der Waals surface area (Å²) in [6.45, 7) is 0.631. The van der Waals surface area contributed by atoms with Gasteiger partial charge in [-0.15, -0.1) is 0 Å². The zero-order valence-electron chi connectivity index (χ0n) is 14.0. The van der Waals surface area contributed by atoms with Crippen LogP contribution in [0.2, 0.25) is 0 Å². The van der Waals surface area contributed by atoms with Crippen molar-refractivity contribution >= 4 is 17.5 Å². The number of nitrogens with two attached hydrogens (primary N) is 1. The number of anilines is 1. The van der Waals surface area contributed by atoms with Gasteiger partial charge in [0.05, 0.1) is 0 Å². The molecule has 2 aromatic rings. The maximum absolute atomic E-state index is 13.2. The van der Waals surface area contributed by atoms with Crippen LogP contribution in [0.4, 0.5) is 14.5 Å². The Morgan fingerprint density at radius 3 is 2.54 bits per heavy atom. The van der Waals surface area contributed by atoms with Crippen LogP contribution in [0.1, 0.15) is 18.4 Å². The summed E-state index contributed by atoms with van der Waals surface area (Å²) in [4.78, 5) is 24.9. The monoisotopic (exact) mass is 360 g/mol. The second-order valence-corrected chi connectivity index (χ2v) is 6.18. The Bertz CT molecular complexity index is 824. The molecular weight excluding hydrogens is 342 g/mol. The van der Waals surface area contributed by atoms with Crippen molar-refractivity contribution in [1.82, 2.24) is 0 Å². The van der Waals surface area contributed by atoms with Gasteiger partial charge in [-0.05, 0) is 48.4 Å². The molecule has 0 saturated carbocycles. The molecule has 1 saturated heterocycles. The fraction of sp³-hybridized carbons (Fsp3) is 0.263. The SMILES string of the molecule is NC(=O)CC1CCN(c2ccc(OCc3ccc(F)c(F)c3)cc2)C1=O. The first-order valence-corrected chi connectivity index (χ1v) is 8.20. The highest BCUT2D eigenvalue weighted by atomic mass is 19.2. The smallest absolute Gasteiger partial charge is 0.230 e. The molecule has 3 rings (SSSR count). The molecule has 2 N–H and O–H groups in total. The lowest BCUT2D eigenvalue weighted by Gasteiger charge is -2.17. The minimum absolute atomic E-state index is 0.0603. The molecule has 0 bridgehead atoms. The average molecular weight is 360 g/mol. The molecule has 1 fully saturated rings. The van der Waals surface area contributed by atoms with E-state index < -0.39 is 17.5 Å². The van der Waals surface area contributed by atoms with Crippen molar-refractivity contribution in [3.63, 3.8) is 0 Å². The van der Waals surface area contributed by atoms with Crippen LogP contribution in [-0.2, 0) is 16.2 Å². The van der Waals surface area contributed by atoms with Gasteiger partial charge in [-0.3, -0.25) is 9.59 Å². The van der Waals surface area contributed by atoms with E-state index in [9.17, 15) is 18.4 Å². The van der Waals surface area contributed by atoms with Gasteiger partial charge in [-0.2, -0.15) is 0 Å². The summed E-state index contributed by atoms with van der Waals surface area (Å²) in [6.07, 6.45) is 0.654. The molecule has 1 heterocycles. The van der Waals surface area contributed by atoms with Crippen LogP contribution in [0.3, 0.4) is 0 Å². The third-order valence-corrected chi connectivity index (χ3v) is 4.30. The number of ether oxygens (including phenoxy) is 1. The molecule has 1 unspecified atom stereocenters. The maximum Gasteiger partial charge on any atom is 0.230 e. The van der Waals surface area contributed by atoms with Gasteiger partial charge < -0.3 is 15.4 Å². The quantitative estimate of drug-likeness (QED) is 0.861. The lowest BCUT2D eigenvalue weighted by Crippen LogP contribution is -2.28. The minimum atomic E-state index is -0.917. The zero-order valence-corrected chi connectivity index (χ0v) is 14.0. The first kappa shape index (κ1) is 17.8. The number of amides is 2. The van der Waals surface area contributed by atoms with Gasteiger partial charge >= 0.3 is 0 Å². The van der Waals surface area contributed by atoms with Crippen molar-refractivity contribution in [2.24, 2.45) is 11.7 Å². The van der Waals surface area contributed by atoms with E-state index >= 15 is 0 Å². The largest absolute Gasteiger partial charge is 0.489 e. The van der Waals surface area contributed by atoms with Crippen molar-refractivity contribution in [3.05, 3.63) is 59.7 Å². The number of carbonyl (C=O) groups excluding carboxylic acids is 2. The van der Waals surface area contributed by atoms with Crippen molar-refractivity contribution in [1.29, 1.82) is 0 Å². The van der Waals surface area contributed by atoms with Crippen LogP contribution in [-0.4, -0.2) is 18.4 Å². The van der Waals surface area contributed by atoms with Gasteiger partial charge in [-0.25, -0.2) is 8.78 Å². The summed E-state index contributed by atoms with van der Waals surface area (Å²) in [5, 5.41) is 0. The lowest BCUT2D eigenvalue weighted by molar-refractivity contribution is -0.125. The van der Waals surface area contributed by atoms with Crippen LogP contribution in [0, 0.1) is 17.6 Å². The van der Waals surface area contributed by atoms with Crippen molar-refractivity contribution in [3.8, 4) is 5.75 Å². The normalized spacial score (nSPS) is 16.8. The van der Waals surface area contributed by atoms with Gasteiger partial charge in [-0.1, -0.05) is 6.07 Å². The second-order valence-electron chi connectivity index (χ2n) is 6.18. The Morgan fingerprint density at radius 1 is 1.15 bits per heavy atom. The number of primary amides is 1. The molecular formula is C19H18F2N2O3. The summed E-state index contributed by atoms with van der Waals surface area (Å²) in [7, 11) is 0. The molecule has 2 amide bonds. The van der Waals surface area contributed by atoms with E-state index in [1.807, 2.05) is 0 Å². The Kier molecular flexibility index (Phi) is 5.16. The van der Waals surface area contributed by atoms with Crippen LogP contribution in [0.25, 0.3) is 0 Å². The van der Waals surface area contributed by atoms with Gasteiger partial charge in [0.2, 0.25) is 11.8 Å². The number of carbonyl (C=O) groups is 2. The molecule has 0 aliphatic carbocycles. The molecule has 5 nitrogen and oxygen atoms in total. The van der Waals surface area contributed by atoms with Crippen molar-refractivity contribution in [2.45, 2.75) is 19.4 Å². The fourth-order valence-corrected chi connectivity index (χ4v) is 2.95. The molecule has 26 heavy (non-hydrogen) atoms. The van der Waals surface area contributed by atoms with E-state index in [4.69, 9.17) is 10.5 Å². The van der Waals surface area contributed by atoms with E-state index in [2.05, 4.69) is 0 Å². The van der Waals surface area contributed by atoms with E-state index in [1.54, 1.807) is 29.2 Å². The van der Waals surface area contributed by atoms with Gasteiger partial charge in [0.15, 0.2) is 11.6 Å². The predicted octanol–water partition coefficient (Wildman–Crippen LogP) is 2.77. The maximum atomic E-state index is 13.2. The molecule has 0 spiro atoms. The third-order valence-electron chi connectivity index (χ3n) is 4.30. The molecule has 1 aliphatic heterocycles. The van der Waals surface area contributed by atoms with Crippen LogP contribution >= 0.6 is 0 Å². The Morgan fingerprint density at radius 2 is 1.88 bits per heavy atom. The molecule has 0 radical (unpaired) electrons. The fourth-order valence-electron chi connectivity index (χ4n) is 2.95. The third kappa shape index (κ3) is 3.99. The summed E-state index contributed by atoms with van der Waals surface area (Å²) < 4.78 is 31.6. The molecule has 1 atom stereocenters. The Hall–Kier alpha value is -2.96. The number of hydrogen-bond donors (Lipinski definition) is 1. The average Bonchev–Trinajstić information content (AvgIpc) is 2.96. The first-order valence-electron chi connectivity index (χ1n) is 8.20. The van der Waals surface area contributed by atoms with E-state index in [0.717, 1.165) is 12.1 Å².